The summed E-state index contributed by atoms with van der Waals surface area (Å²) in [6, 6.07) is 1.69. The van der Waals surface area contributed by atoms with Gasteiger partial charge < -0.3 is 0 Å². The van der Waals surface area contributed by atoms with E-state index in [1.165, 1.54) is 0 Å². The second-order valence-corrected chi connectivity index (χ2v) is 3.02. The maximum absolute atomic E-state index is 12.7. The zero-order chi connectivity index (χ0) is 11.7. The molecule has 84 valence electrons. The van der Waals surface area contributed by atoms with Crippen LogP contribution in [0.15, 0.2) is 18.3 Å². The summed E-state index contributed by atoms with van der Waals surface area (Å²) >= 11 is 5.33. The lowest BCUT2D eigenvalue weighted by Crippen LogP contribution is -2.34. The zero-order valence-corrected chi connectivity index (χ0v) is 7.91. The molecule has 0 aliphatic heterocycles. The predicted octanol–water partition coefficient (Wildman–Crippen LogP) is 3.47. The van der Waals surface area contributed by atoms with Crippen molar-refractivity contribution in [3.8, 4) is 0 Å². The lowest BCUT2D eigenvalue weighted by atomic mass is 10.2. The number of pyridine rings is 1. The molecule has 0 N–H and O–H groups in total. The van der Waals surface area contributed by atoms with E-state index >= 15 is 0 Å². The van der Waals surface area contributed by atoms with Crippen molar-refractivity contribution < 1.29 is 22.0 Å². The summed E-state index contributed by atoms with van der Waals surface area (Å²) in [5.74, 6) is -4.93. The molecule has 0 aliphatic carbocycles. The van der Waals surface area contributed by atoms with E-state index in [4.69, 9.17) is 11.6 Å². The van der Waals surface area contributed by atoms with Crippen molar-refractivity contribution in [2.24, 2.45) is 0 Å². The lowest BCUT2D eigenvalue weighted by Gasteiger charge is -2.18. The van der Waals surface area contributed by atoms with Crippen molar-refractivity contribution >= 4 is 11.6 Å². The summed E-state index contributed by atoms with van der Waals surface area (Å²) in [6.07, 6.45) is -4.75. The third-order valence-corrected chi connectivity index (χ3v) is 1.97. The number of alkyl halides is 6. The van der Waals surface area contributed by atoms with Gasteiger partial charge in [-0.15, -0.1) is 11.6 Å². The van der Waals surface area contributed by atoms with Gasteiger partial charge in [-0.25, -0.2) is 0 Å². The fraction of sp³-hybridized carbons (Fsp3) is 0.375. The van der Waals surface area contributed by atoms with Crippen molar-refractivity contribution in [2.45, 2.75) is 18.0 Å². The Hall–Kier alpha value is -0.910. The fourth-order valence-electron chi connectivity index (χ4n) is 0.834. The molecule has 7 heteroatoms. The molecule has 0 aliphatic rings. The molecule has 0 saturated heterocycles. The average Bonchev–Trinajstić information content (AvgIpc) is 2.16. The number of rotatable bonds is 2. The van der Waals surface area contributed by atoms with Crippen molar-refractivity contribution in [2.75, 3.05) is 0 Å². The van der Waals surface area contributed by atoms with Crippen LogP contribution >= 0.6 is 11.6 Å². The monoisotopic (exact) mass is 245 g/mol. The Morgan fingerprint density at radius 3 is 2.07 bits per heavy atom. The Morgan fingerprint density at radius 1 is 1.13 bits per heavy atom. The summed E-state index contributed by atoms with van der Waals surface area (Å²) in [5, 5.41) is 0. The Morgan fingerprint density at radius 2 is 1.73 bits per heavy atom. The van der Waals surface area contributed by atoms with Gasteiger partial charge in [-0.2, -0.15) is 22.0 Å². The van der Waals surface area contributed by atoms with Crippen LogP contribution in [-0.4, -0.2) is 11.2 Å². The maximum Gasteiger partial charge on any atom is 0.459 e. The second kappa shape index (κ2) is 3.92. The Labute approximate surface area is 86.9 Å². The van der Waals surface area contributed by atoms with Gasteiger partial charge in [0.25, 0.3) is 0 Å². The van der Waals surface area contributed by atoms with Crippen LogP contribution in [0, 0.1) is 0 Å². The van der Waals surface area contributed by atoms with Crippen molar-refractivity contribution in [1.82, 2.24) is 4.98 Å². The SMILES string of the molecule is FC(F)(F)C(F)(F)c1ccc(CCl)cn1. The summed E-state index contributed by atoms with van der Waals surface area (Å²) in [4.78, 5) is 3.03. The van der Waals surface area contributed by atoms with E-state index in [1.54, 1.807) is 0 Å². The van der Waals surface area contributed by atoms with Gasteiger partial charge in [0.1, 0.15) is 5.69 Å². The molecule has 0 unspecified atom stereocenters. The number of halogens is 6. The molecule has 0 amide bonds. The highest BCUT2D eigenvalue weighted by atomic mass is 35.5. The molecule has 1 rings (SSSR count). The van der Waals surface area contributed by atoms with Gasteiger partial charge in [-0.3, -0.25) is 4.98 Å². The number of nitrogens with zero attached hydrogens (tertiary/aromatic N) is 1. The summed E-state index contributed by atoms with van der Waals surface area (Å²) in [6.45, 7) is 0. The normalized spacial score (nSPS) is 12.9. The van der Waals surface area contributed by atoms with E-state index in [2.05, 4.69) is 4.98 Å². The van der Waals surface area contributed by atoms with Crippen molar-refractivity contribution in [1.29, 1.82) is 0 Å². The van der Waals surface area contributed by atoms with Crippen LogP contribution in [0.2, 0.25) is 0 Å². The van der Waals surface area contributed by atoms with Gasteiger partial charge in [-0.05, 0) is 11.6 Å². The molecule has 0 aromatic carbocycles. The van der Waals surface area contributed by atoms with E-state index < -0.39 is 17.8 Å². The first kappa shape index (κ1) is 12.2. The minimum Gasteiger partial charge on any atom is -0.254 e. The van der Waals surface area contributed by atoms with Gasteiger partial charge >= 0.3 is 12.1 Å². The standard InChI is InChI=1S/C8H5ClF5N/c9-3-5-1-2-6(15-4-5)7(10,11)8(12,13)14/h1-2,4H,3H2. The lowest BCUT2D eigenvalue weighted by molar-refractivity contribution is -0.290. The van der Waals surface area contributed by atoms with Gasteiger partial charge in [0.2, 0.25) is 0 Å². The number of aromatic nitrogens is 1. The molecule has 1 nitrogen and oxygen atoms in total. The largest absolute Gasteiger partial charge is 0.459 e. The van der Waals surface area contributed by atoms with E-state index in [9.17, 15) is 22.0 Å². The molecule has 0 atom stereocenters. The number of hydrogen-bond acceptors (Lipinski definition) is 1. The van der Waals surface area contributed by atoms with Crippen LogP contribution < -0.4 is 0 Å². The van der Waals surface area contributed by atoms with Gasteiger partial charge in [0.05, 0.1) is 0 Å². The molecule has 1 aromatic heterocycles. The Balaban J connectivity index is 3.06. The van der Waals surface area contributed by atoms with E-state index in [0.29, 0.717) is 11.6 Å². The molecule has 0 radical (unpaired) electrons. The number of hydrogen-bond donors (Lipinski definition) is 0. The molecule has 15 heavy (non-hydrogen) atoms. The first-order chi connectivity index (χ1) is 6.79. The highest BCUT2D eigenvalue weighted by molar-refractivity contribution is 6.17. The third-order valence-electron chi connectivity index (χ3n) is 1.66. The van der Waals surface area contributed by atoms with Crippen LogP contribution in [-0.2, 0) is 11.8 Å². The third kappa shape index (κ3) is 2.37. The predicted molar refractivity (Wildman–Crippen MR) is 43.7 cm³/mol. The van der Waals surface area contributed by atoms with E-state index in [-0.39, 0.29) is 5.88 Å². The molecule has 0 spiro atoms. The maximum atomic E-state index is 12.7. The molecule has 1 heterocycles. The van der Waals surface area contributed by atoms with Crippen LogP contribution in [0.5, 0.6) is 0 Å². The highest BCUT2D eigenvalue weighted by Gasteiger charge is 2.59. The highest BCUT2D eigenvalue weighted by Crippen LogP contribution is 2.42. The topological polar surface area (TPSA) is 12.9 Å². The van der Waals surface area contributed by atoms with Crippen LogP contribution in [0.4, 0.5) is 22.0 Å². The Bertz CT molecular complexity index is 332. The molecule has 0 bridgehead atoms. The van der Waals surface area contributed by atoms with Crippen LogP contribution in [0.25, 0.3) is 0 Å². The van der Waals surface area contributed by atoms with Crippen molar-refractivity contribution in [3.05, 3.63) is 29.6 Å². The quantitative estimate of drug-likeness (QED) is 0.574. The zero-order valence-electron chi connectivity index (χ0n) is 7.15. The Kier molecular flexibility index (Phi) is 3.18. The summed E-state index contributed by atoms with van der Waals surface area (Å²) in [5.41, 5.74) is -0.956. The molecule has 0 saturated carbocycles. The summed E-state index contributed by atoms with van der Waals surface area (Å²) in [7, 11) is 0. The van der Waals surface area contributed by atoms with E-state index in [0.717, 1.165) is 12.3 Å². The molecular formula is C8H5ClF5N. The van der Waals surface area contributed by atoms with Crippen LogP contribution in [0.3, 0.4) is 0 Å². The van der Waals surface area contributed by atoms with Crippen LogP contribution in [0.1, 0.15) is 11.3 Å². The minimum absolute atomic E-state index is 0.00483. The van der Waals surface area contributed by atoms with Gasteiger partial charge in [-0.1, -0.05) is 6.07 Å². The minimum atomic E-state index is -5.64. The average molecular weight is 246 g/mol. The fourth-order valence-corrected chi connectivity index (χ4v) is 0.993. The molecule has 1 aromatic rings. The second-order valence-electron chi connectivity index (χ2n) is 2.76. The first-order valence-electron chi connectivity index (χ1n) is 3.75. The van der Waals surface area contributed by atoms with Gasteiger partial charge in [0, 0.05) is 12.1 Å². The smallest absolute Gasteiger partial charge is 0.254 e. The van der Waals surface area contributed by atoms with E-state index in [1.807, 2.05) is 0 Å². The summed E-state index contributed by atoms with van der Waals surface area (Å²) < 4.78 is 61.0. The molecule has 0 fully saturated rings. The van der Waals surface area contributed by atoms with Crippen molar-refractivity contribution in [3.63, 3.8) is 0 Å². The van der Waals surface area contributed by atoms with Gasteiger partial charge in [0.15, 0.2) is 0 Å². The molecular weight excluding hydrogens is 241 g/mol. The first-order valence-corrected chi connectivity index (χ1v) is 4.28.